The zero-order valence-corrected chi connectivity index (χ0v) is 13.3. The molecule has 1 aliphatic heterocycles. The van der Waals surface area contributed by atoms with Crippen LogP contribution < -0.4 is 5.32 Å². The smallest absolute Gasteiger partial charge is 0.410 e. The van der Waals surface area contributed by atoms with E-state index >= 15 is 0 Å². The first-order valence-electron chi connectivity index (χ1n) is 7.34. The number of hydrogen-bond donors (Lipinski definition) is 1. The molecule has 1 unspecified atom stereocenters. The van der Waals surface area contributed by atoms with Crippen LogP contribution in [-0.2, 0) is 4.74 Å². The maximum atomic E-state index is 13.6. The second-order valence-corrected chi connectivity index (χ2v) is 6.48. The number of nitrogens with one attached hydrogen (secondary N) is 1. The highest BCUT2D eigenvalue weighted by atomic mass is 19.1. The van der Waals surface area contributed by atoms with Crippen LogP contribution >= 0.6 is 0 Å². The quantitative estimate of drug-likeness (QED) is 0.681. The fourth-order valence-electron chi connectivity index (χ4n) is 2.35. The summed E-state index contributed by atoms with van der Waals surface area (Å²) in [5.74, 6) is -0.887. The molecule has 0 radical (unpaired) electrons. The van der Waals surface area contributed by atoms with Gasteiger partial charge < -0.3 is 15.0 Å². The molecule has 0 aliphatic carbocycles. The predicted octanol–water partition coefficient (Wildman–Crippen LogP) is 3.16. The van der Waals surface area contributed by atoms with Crippen LogP contribution in [0.15, 0.2) is 18.2 Å². The van der Waals surface area contributed by atoms with Gasteiger partial charge in [-0.1, -0.05) is 0 Å². The minimum atomic E-state index is -0.887. The van der Waals surface area contributed by atoms with Crippen molar-refractivity contribution in [3.05, 3.63) is 34.1 Å². The van der Waals surface area contributed by atoms with Crippen molar-refractivity contribution < 1.29 is 18.8 Å². The molecular weight excluding hydrogens is 305 g/mol. The van der Waals surface area contributed by atoms with Gasteiger partial charge in [0.1, 0.15) is 5.60 Å². The van der Waals surface area contributed by atoms with Crippen molar-refractivity contribution >= 4 is 17.5 Å². The lowest BCUT2D eigenvalue weighted by molar-refractivity contribution is -0.387. The topological polar surface area (TPSA) is 84.7 Å². The molecular formula is C15H20FN3O4. The third kappa shape index (κ3) is 4.54. The van der Waals surface area contributed by atoms with Crippen LogP contribution in [0.3, 0.4) is 0 Å². The second-order valence-electron chi connectivity index (χ2n) is 6.48. The molecule has 8 heteroatoms. The molecule has 2 rings (SSSR count). The molecule has 0 bridgehead atoms. The summed E-state index contributed by atoms with van der Waals surface area (Å²) in [6, 6.07) is 3.62. The number of carbonyl (C=O) groups is 1. The standard InChI is InChI=1S/C15H20FN3O4/c1-15(2,3)23-14(20)18-7-6-11(9-18)17-10-4-5-13(19(21)22)12(16)8-10/h4-5,8,11,17H,6-7,9H2,1-3H3. The number of anilines is 1. The molecule has 1 atom stereocenters. The number of nitrogens with zero attached hydrogens (tertiary/aromatic N) is 2. The minimum absolute atomic E-state index is 0.0524. The Morgan fingerprint density at radius 1 is 1.48 bits per heavy atom. The molecule has 126 valence electrons. The summed E-state index contributed by atoms with van der Waals surface area (Å²) in [6.45, 7) is 6.39. The van der Waals surface area contributed by atoms with Gasteiger partial charge in [0.05, 0.1) is 4.92 Å². The fourth-order valence-corrected chi connectivity index (χ4v) is 2.35. The van der Waals surface area contributed by atoms with E-state index < -0.39 is 22.0 Å². The highest BCUT2D eigenvalue weighted by Crippen LogP contribution is 2.23. The van der Waals surface area contributed by atoms with Crippen molar-refractivity contribution in [2.24, 2.45) is 0 Å². The Bertz CT molecular complexity index is 615. The molecule has 0 aromatic heterocycles. The number of ether oxygens (including phenoxy) is 1. The molecule has 1 aromatic carbocycles. The van der Waals surface area contributed by atoms with Crippen LogP contribution in [-0.4, -0.2) is 40.6 Å². The number of nitro groups is 1. The lowest BCUT2D eigenvalue weighted by Gasteiger charge is -2.24. The lowest BCUT2D eigenvalue weighted by Crippen LogP contribution is -2.36. The average molecular weight is 325 g/mol. The summed E-state index contributed by atoms with van der Waals surface area (Å²) < 4.78 is 18.9. The van der Waals surface area contributed by atoms with Gasteiger partial charge in [-0.15, -0.1) is 0 Å². The molecule has 7 nitrogen and oxygen atoms in total. The molecule has 1 heterocycles. The summed E-state index contributed by atoms with van der Waals surface area (Å²) in [5, 5.41) is 13.7. The molecule has 1 aliphatic rings. The van der Waals surface area contributed by atoms with Crippen LogP contribution in [0.1, 0.15) is 27.2 Å². The van der Waals surface area contributed by atoms with E-state index in [4.69, 9.17) is 4.74 Å². The zero-order valence-electron chi connectivity index (χ0n) is 13.3. The minimum Gasteiger partial charge on any atom is -0.444 e. The SMILES string of the molecule is CC(C)(C)OC(=O)N1CCC(Nc2ccc([N+](=O)[O-])c(F)c2)C1. The lowest BCUT2D eigenvalue weighted by atomic mass is 10.2. The molecule has 1 aromatic rings. The van der Waals surface area contributed by atoms with Crippen LogP contribution in [0.4, 0.5) is 20.6 Å². The molecule has 0 spiro atoms. The van der Waals surface area contributed by atoms with Crippen molar-refractivity contribution in [1.82, 2.24) is 4.90 Å². The monoisotopic (exact) mass is 325 g/mol. The number of rotatable bonds is 3. The molecule has 0 saturated carbocycles. The van der Waals surface area contributed by atoms with Crippen molar-refractivity contribution in [3.8, 4) is 0 Å². The van der Waals surface area contributed by atoms with Gasteiger partial charge in [-0.25, -0.2) is 4.79 Å². The van der Waals surface area contributed by atoms with Crippen molar-refractivity contribution in [3.63, 3.8) is 0 Å². The third-order valence-electron chi connectivity index (χ3n) is 3.36. The third-order valence-corrected chi connectivity index (χ3v) is 3.36. The Kier molecular flexibility index (Phi) is 4.72. The first-order chi connectivity index (χ1) is 10.7. The van der Waals surface area contributed by atoms with Gasteiger partial charge in [0.25, 0.3) is 0 Å². The largest absolute Gasteiger partial charge is 0.444 e. The van der Waals surface area contributed by atoms with E-state index in [2.05, 4.69) is 5.32 Å². The molecule has 1 amide bonds. The molecule has 23 heavy (non-hydrogen) atoms. The van der Waals surface area contributed by atoms with Crippen LogP contribution in [0.25, 0.3) is 0 Å². The Morgan fingerprint density at radius 2 is 2.17 bits per heavy atom. The van der Waals surface area contributed by atoms with Crippen LogP contribution in [0.5, 0.6) is 0 Å². The number of benzene rings is 1. The Hall–Kier alpha value is -2.38. The van der Waals surface area contributed by atoms with Gasteiger partial charge in [0.2, 0.25) is 5.82 Å². The zero-order chi connectivity index (χ0) is 17.2. The normalized spacial score (nSPS) is 17.9. The maximum Gasteiger partial charge on any atom is 0.410 e. The number of nitro benzene ring substituents is 1. The molecule has 1 fully saturated rings. The number of carbonyl (C=O) groups excluding carboxylic acids is 1. The number of likely N-dealkylation sites (tertiary alicyclic amines) is 1. The predicted molar refractivity (Wildman–Crippen MR) is 82.9 cm³/mol. The first-order valence-corrected chi connectivity index (χ1v) is 7.34. The summed E-state index contributed by atoms with van der Waals surface area (Å²) >= 11 is 0. The van der Waals surface area contributed by atoms with E-state index in [1.165, 1.54) is 6.07 Å². The summed E-state index contributed by atoms with van der Waals surface area (Å²) in [7, 11) is 0. The molecule has 1 saturated heterocycles. The van der Waals surface area contributed by atoms with Crippen LogP contribution in [0.2, 0.25) is 0 Å². The highest BCUT2D eigenvalue weighted by molar-refractivity contribution is 5.68. The Morgan fingerprint density at radius 3 is 2.74 bits per heavy atom. The van der Waals surface area contributed by atoms with E-state index in [-0.39, 0.29) is 12.1 Å². The van der Waals surface area contributed by atoms with E-state index in [9.17, 15) is 19.3 Å². The average Bonchev–Trinajstić information content (AvgIpc) is 2.85. The first kappa shape index (κ1) is 17.0. The van der Waals surface area contributed by atoms with E-state index in [0.29, 0.717) is 25.2 Å². The van der Waals surface area contributed by atoms with E-state index in [1.54, 1.807) is 25.7 Å². The van der Waals surface area contributed by atoms with Crippen molar-refractivity contribution in [2.45, 2.75) is 38.8 Å². The van der Waals surface area contributed by atoms with Gasteiger partial charge in [0, 0.05) is 37.0 Å². The maximum absolute atomic E-state index is 13.6. The summed E-state index contributed by atoms with van der Waals surface area (Å²) in [6.07, 6.45) is 0.314. The highest BCUT2D eigenvalue weighted by Gasteiger charge is 2.29. The summed E-state index contributed by atoms with van der Waals surface area (Å²) in [5.41, 5.74) is -0.661. The Balaban J connectivity index is 1.94. The van der Waals surface area contributed by atoms with Gasteiger partial charge >= 0.3 is 11.8 Å². The van der Waals surface area contributed by atoms with Gasteiger partial charge in [0.15, 0.2) is 0 Å². The van der Waals surface area contributed by atoms with Gasteiger partial charge in [-0.05, 0) is 33.3 Å². The van der Waals surface area contributed by atoms with Crippen LogP contribution in [0, 0.1) is 15.9 Å². The second kappa shape index (κ2) is 6.39. The Labute approximate surface area is 133 Å². The number of hydrogen-bond acceptors (Lipinski definition) is 5. The van der Waals surface area contributed by atoms with E-state index in [1.807, 2.05) is 0 Å². The summed E-state index contributed by atoms with van der Waals surface area (Å²) in [4.78, 5) is 23.4. The fraction of sp³-hybridized carbons (Fsp3) is 0.533. The van der Waals surface area contributed by atoms with Gasteiger partial charge in [-0.2, -0.15) is 4.39 Å². The van der Waals surface area contributed by atoms with E-state index in [0.717, 1.165) is 12.1 Å². The van der Waals surface area contributed by atoms with Crippen molar-refractivity contribution in [1.29, 1.82) is 0 Å². The van der Waals surface area contributed by atoms with Crippen molar-refractivity contribution in [2.75, 3.05) is 18.4 Å². The molecule has 1 N–H and O–H groups in total. The van der Waals surface area contributed by atoms with Gasteiger partial charge in [-0.3, -0.25) is 10.1 Å². The number of halogens is 1. The number of amides is 1.